The Labute approximate surface area is 129 Å². The predicted molar refractivity (Wildman–Crippen MR) is 80.9 cm³/mol. The Balaban J connectivity index is 2.27. The second-order valence-electron chi connectivity index (χ2n) is 4.82. The highest BCUT2D eigenvalue weighted by molar-refractivity contribution is 6.04. The summed E-state index contributed by atoms with van der Waals surface area (Å²) < 4.78 is 38.8. The molecular weight excluding hydrogens is 311 g/mol. The van der Waals surface area contributed by atoms with E-state index in [9.17, 15) is 18.0 Å². The fourth-order valence-corrected chi connectivity index (χ4v) is 2.05. The van der Waals surface area contributed by atoms with E-state index in [2.05, 4.69) is 15.3 Å². The van der Waals surface area contributed by atoms with Crippen molar-refractivity contribution >= 4 is 22.8 Å². The van der Waals surface area contributed by atoms with Crippen LogP contribution in [0.1, 0.15) is 22.5 Å². The molecule has 0 bridgehead atoms. The number of alkyl halides is 3. The highest BCUT2D eigenvalue weighted by atomic mass is 19.4. The summed E-state index contributed by atoms with van der Waals surface area (Å²) in [5.41, 5.74) is 10.2. The molecule has 2 rings (SSSR count). The van der Waals surface area contributed by atoms with Gasteiger partial charge in [-0.1, -0.05) is 6.07 Å². The van der Waals surface area contributed by atoms with Crippen LogP contribution >= 0.6 is 0 Å². The number of amides is 1. The van der Waals surface area contributed by atoms with Crippen LogP contribution in [0.15, 0.2) is 29.3 Å². The normalized spacial score (nSPS) is 12.6. The van der Waals surface area contributed by atoms with Gasteiger partial charge in [-0.25, -0.2) is 0 Å². The summed E-state index contributed by atoms with van der Waals surface area (Å²) in [6.45, 7) is 0.903. The Bertz CT molecular complexity index is 736. The van der Waals surface area contributed by atoms with Gasteiger partial charge < -0.3 is 21.8 Å². The van der Waals surface area contributed by atoms with E-state index in [1.165, 1.54) is 12.1 Å². The Kier molecular flexibility index (Phi) is 4.89. The van der Waals surface area contributed by atoms with Crippen molar-refractivity contribution in [3.63, 3.8) is 0 Å². The van der Waals surface area contributed by atoms with Crippen molar-refractivity contribution in [2.45, 2.75) is 12.6 Å². The SMILES string of the molecule is NCCCNC(N)=NC(=O)c1cc2c(C(F)(F)F)cccc2[nH]1. The molecule has 0 atom stereocenters. The number of nitrogens with one attached hydrogen (secondary N) is 2. The van der Waals surface area contributed by atoms with E-state index in [4.69, 9.17) is 11.5 Å². The molecule has 0 saturated carbocycles. The molecular formula is C14H16F3N5O. The number of aliphatic imine (C=N–C) groups is 1. The molecule has 0 fully saturated rings. The molecule has 6 nitrogen and oxygen atoms in total. The van der Waals surface area contributed by atoms with Crippen LogP contribution in [-0.4, -0.2) is 29.9 Å². The van der Waals surface area contributed by atoms with Crippen LogP contribution in [0.25, 0.3) is 10.9 Å². The lowest BCUT2D eigenvalue weighted by molar-refractivity contribution is -0.136. The average molecular weight is 327 g/mol. The van der Waals surface area contributed by atoms with Crippen molar-refractivity contribution in [2.75, 3.05) is 13.1 Å². The Morgan fingerprint density at radius 3 is 2.74 bits per heavy atom. The van der Waals surface area contributed by atoms with Crippen LogP contribution < -0.4 is 16.8 Å². The van der Waals surface area contributed by atoms with Crippen LogP contribution in [0.2, 0.25) is 0 Å². The molecule has 9 heteroatoms. The van der Waals surface area contributed by atoms with Gasteiger partial charge in [0.2, 0.25) is 0 Å². The van der Waals surface area contributed by atoms with Gasteiger partial charge in [-0.05, 0) is 31.2 Å². The predicted octanol–water partition coefficient (Wildman–Crippen LogP) is 1.58. The van der Waals surface area contributed by atoms with E-state index in [1.54, 1.807) is 0 Å². The zero-order valence-corrected chi connectivity index (χ0v) is 12.1. The maximum Gasteiger partial charge on any atom is 0.417 e. The largest absolute Gasteiger partial charge is 0.417 e. The summed E-state index contributed by atoms with van der Waals surface area (Å²) in [6, 6.07) is 4.80. The Hall–Kier alpha value is -2.55. The van der Waals surface area contributed by atoms with Gasteiger partial charge in [0.1, 0.15) is 5.69 Å². The molecule has 0 unspecified atom stereocenters. The van der Waals surface area contributed by atoms with E-state index in [0.717, 1.165) is 12.1 Å². The number of nitrogens with zero attached hydrogens (tertiary/aromatic N) is 1. The quantitative estimate of drug-likeness (QED) is 0.388. The minimum atomic E-state index is -4.51. The van der Waals surface area contributed by atoms with E-state index >= 15 is 0 Å². The Morgan fingerprint density at radius 2 is 2.09 bits per heavy atom. The van der Waals surface area contributed by atoms with Crippen LogP contribution in [0.3, 0.4) is 0 Å². The molecule has 1 aromatic heterocycles. The number of hydrogen-bond donors (Lipinski definition) is 4. The van der Waals surface area contributed by atoms with Gasteiger partial charge >= 0.3 is 6.18 Å². The average Bonchev–Trinajstić information content (AvgIpc) is 2.90. The molecule has 0 saturated heterocycles. The fraction of sp³-hybridized carbons (Fsp3) is 0.286. The van der Waals surface area contributed by atoms with Crippen LogP contribution in [0.4, 0.5) is 13.2 Å². The summed E-state index contributed by atoms with van der Waals surface area (Å²) >= 11 is 0. The molecule has 0 aliphatic rings. The van der Waals surface area contributed by atoms with Gasteiger partial charge in [0.15, 0.2) is 5.96 Å². The third-order valence-corrected chi connectivity index (χ3v) is 3.11. The first-order valence-electron chi connectivity index (χ1n) is 6.84. The van der Waals surface area contributed by atoms with Gasteiger partial charge in [-0.2, -0.15) is 18.2 Å². The molecule has 1 heterocycles. The number of H-pyrrole nitrogens is 1. The molecule has 0 aliphatic heterocycles. The number of benzene rings is 1. The molecule has 0 spiro atoms. The zero-order valence-electron chi connectivity index (χ0n) is 12.1. The van der Waals surface area contributed by atoms with E-state index in [-0.39, 0.29) is 22.6 Å². The lowest BCUT2D eigenvalue weighted by Crippen LogP contribution is -2.34. The number of nitrogens with two attached hydrogens (primary N) is 2. The molecule has 1 aromatic carbocycles. The van der Waals surface area contributed by atoms with Crippen molar-refractivity contribution in [1.82, 2.24) is 10.3 Å². The first kappa shape index (κ1) is 16.8. The third kappa shape index (κ3) is 4.01. The number of fused-ring (bicyclic) bond motifs is 1. The van der Waals surface area contributed by atoms with Gasteiger partial charge in [-0.15, -0.1) is 0 Å². The number of aromatic nitrogens is 1. The summed E-state index contributed by atoms with van der Waals surface area (Å²) in [4.78, 5) is 18.2. The van der Waals surface area contributed by atoms with E-state index < -0.39 is 17.6 Å². The molecule has 0 radical (unpaired) electrons. The topological polar surface area (TPSA) is 109 Å². The molecule has 124 valence electrons. The van der Waals surface area contributed by atoms with Crippen LogP contribution in [0, 0.1) is 0 Å². The molecule has 1 amide bonds. The number of guanidine groups is 1. The lowest BCUT2D eigenvalue weighted by Gasteiger charge is -2.06. The number of carbonyl (C=O) groups excluding carboxylic acids is 1. The van der Waals surface area contributed by atoms with Gasteiger partial charge in [0.25, 0.3) is 5.91 Å². The number of halogens is 3. The molecule has 23 heavy (non-hydrogen) atoms. The lowest BCUT2D eigenvalue weighted by atomic mass is 10.1. The van der Waals surface area contributed by atoms with Crippen molar-refractivity contribution < 1.29 is 18.0 Å². The minimum absolute atomic E-state index is 0.0692. The summed E-state index contributed by atoms with van der Waals surface area (Å²) in [7, 11) is 0. The number of hydrogen-bond acceptors (Lipinski definition) is 2. The van der Waals surface area contributed by atoms with Crippen LogP contribution in [-0.2, 0) is 6.18 Å². The highest BCUT2D eigenvalue weighted by Gasteiger charge is 2.33. The van der Waals surface area contributed by atoms with Crippen molar-refractivity contribution in [1.29, 1.82) is 0 Å². The van der Waals surface area contributed by atoms with Crippen molar-refractivity contribution in [3.8, 4) is 0 Å². The third-order valence-electron chi connectivity index (χ3n) is 3.11. The maximum atomic E-state index is 12.9. The standard InChI is InChI=1S/C14H16F3N5O/c15-14(16,17)9-3-1-4-10-8(9)7-11(21-10)12(23)22-13(19)20-6-2-5-18/h1,3-4,7,21H,2,5-6,18H2,(H3,19,20,22,23). The van der Waals surface area contributed by atoms with Gasteiger partial charge in [0.05, 0.1) is 5.56 Å². The van der Waals surface area contributed by atoms with Gasteiger partial charge in [-0.3, -0.25) is 4.79 Å². The summed E-state index contributed by atoms with van der Waals surface area (Å²) in [5, 5.41) is 2.60. The van der Waals surface area contributed by atoms with Gasteiger partial charge in [0, 0.05) is 17.4 Å². The second kappa shape index (κ2) is 6.69. The monoisotopic (exact) mass is 327 g/mol. The second-order valence-corrected chi connectivity index (χ2v) is 4.82. The van der Waals surface area contributed by atoms with Crippen molar-refractivity contribution in [3.05, 3.63) is 35.5 Å². The van der Waals surface area contributed by atoms with E-state index in [1.807, 2.05) is 0 Å². The summed E-state index contributed by atoms with van der Waals surface area (Å²) in [6.07, 6.45) is -3.86. The zero-order chi connectivity index (χ0) is 17.0. The molecule has 0 aliphatic carbocycles. The fourth-order valence-electron chi connectivity index (χ4n) is 2.05. The Morgan fingerprint density at radius 1 is 1.35 bits per heavy atom. The number of rotatable bonds is 4. The minimum Gasteiger partial charge on any atom is -0.370 e. The first-order valence-corrected chi connectivity index (χ1v) is 6.84. The smallest absolute Gasteiger partial charge is 0.370 e. The van der Waals surface area contributed by atoms with Crippen LogP contribution in [0.5, 0.6) is 0 Å². The van der Waals surface area contributed by atoms with Crippen molar-refractivity contribution in [2.24, 2.45) is 16.5 Å². The number of aromatic amines is 1. The first-order chi connectivity index (χ1) is 10.8. The van der Waals surface area contributed by atoms with E-state index in [0.29, 0.717) is 19.5 Å². The highest BCUT2D eigenvalue weighted by Crippen LogP contribution is 2.35. The maximum absolute atomic E-state index is 12.9. The summed E-state index contributed by atoms with van der Waals surface area (Å²) in [5.74, 6) is -0.870. The molecule has 6 N–H and O–H groups in total. The molecule has 2 aromatic rings. The number of carbonyl (C=O) groups is 1.